The fourth-order valence-corrected chi connectivity index (χ4v) is 7.77. The molecule has 6 aromatic rings. The SMILES string of the molecule is O=S(=O)([O-])c1cc(S(=O)(=O)[O-])c2cc(N=Nc3c(S(=O)(=O)O)cc4cc(Nc5nc(Cl)nc(=Nc6ccccc6)[nH]5)ccc4c3[O-])c(S(=O)(=O)[O-])cc2c1.[Na+].[Na+].[Na+].[Na+]. The number of fused-ring (bicyclic) bond motifs is 2. The van der Waals surface area contributed by atoms with Gasteiger partial charge in [-0.2, -0.15) is 18.4 Å². The van der Waals surface area contributed by atoms with E-state index in [9.17, 15) is 57.0 Å². The van der Waals surface area contributed by atoms with Gasteiger partial charge in [-0.3, -0.25) is 9.54 Å². The average molecular weight is 926 g/mol. The Morgan fingerprint density at radius 1 is 0.672 bits per heavy atom. The van der Waals surface area contributed by atoms with Crippen molar-refractivity contribution in [2.45, 2.75) is 19.6 Å². The second kappa shape index (κ2) is 20.2. The third kappa shape index (κ3) is 12.4. The molecule has 5 aromatic carbocycles. The van der Waals surface area contributed by atoms with E-state index in [1.54, 1.807) is 30.3 Å². The molecule has 0 fully saturated rings. The number of benzene rings is 5. The summed E-state index contributed by atoms with van der Waals surface area (Å²) in [5.74, 6) is -1.17. The maximum atomic E-state index is 13.6. The first-order valence-electron chi connectivity index (χ1n) is 14.2. The fraction of sp³-hybridized carbons (Fsp3) is 0. The smallest absolute Gasteiger partial charge is 0.871 e. The van der Waals surface area contributed by atoms with E-state index in [1.165, 1.54) is 18.2 Å². The van der Waals surface area contributed by atoms with Crippen LogP contribution in [0.1, 0.15) is 0 Å². The Labute approximate surface area is 422 Å². The van der Waals surface area contributed by atoms with Crippen molar-refractivity contribution in [2.75, 3.05) is 5.32 Å². The minimum Gasteiger partial charge on any atom is -0.871 e. The summed E-state index contributed by atoms with van der Waals surface area (Å²) < 4.78 is 142. The summed E-state index contributed by atoms with van der Waals surface area (Å²) in [4.78, 5) is 10.1. The van der Waals surface area contributed by atoms with Gasteiger partial charge in [-0.25, -0.2) is 30.2 Å². The van der Waals surface area contributed by atoms with Crippen molar-refractivity contribution in [3.8, 4) is 5.75 Å². The Morgan fingerprint density at radius 2 is 1.28 bits per heavy atom. The molecule has 0 atom stereocenters. The zero-order chi connectivity index (χ0) is 39.4. The van der Waals surface area contributed by atoms with Crippen molar-refractivity contribution in [1.29, 1.82) is 0 Å². The van der Waals surface area contributed by atoms with Gasteiger partial charge in [-0.05, 0) is 82.4 Å². The van der Waals surface area contributed by atoms with Crippen LogP contribution in [0.5, 0.6) is 5.75 Å². The van der Waals surface area contributed by atoms with E-state index in [0.29, 0.717) is 23.9 Å². The van der Waals surface area contributed by atoms with E-state index >= 15 is 0 Å². The maximum absolute atomic E-state index is 13.6. The topological polar surface area (TPSA) is 340 Å². The van der Waals surface area contributed by atoms with Gasteiger partial charge in [-0.15, -0.1) is 10.2 Å². The zero-order valence-electron chi connectivity index (χ0n) is 30.1. The largest absolute Gasteiger partial charge is 1.00 e. The molecule has 280 valence electrons. The Hall–Kier alpha value is -1.44. The molecule has 6 rings (SSSR count). The van der Waals surface area contributed by atoms with Gasteiger partial charge in [0.2, 0.25) is 16.9 Å². The van der Waals surface area contributed by atoms with Crippen LogP contribution in [-0.4, -0.2) is 66.8 Å². The number of nitrogens with one attached hydrogen (secondary N) is 2. The molecule has 0 amide bonds. The van der Waals surface area contributed by atoms with Crippen LogP contribution in [0, 0.1) is 0 Å². The fourth-order valence-electron chi connectivity index (χ4n) is 5.00. The van der Waals surface area contributed by atoms with Crippen LogP contribution in [0.2, 0.25) is 5.28 Å². The normalized spacial score (nSPS) is 12.3. The number of hydrogen-bond donors (Lipinski definition) is 3. The number of nitrogens with zero attached hydrogens (tertiary/aromatic N) is 5. The molecular formula is C29H16ClN7Na4O13S4. The van der Waals surface area contributed by atoms with Gasteiger partial charge in [0, 0.05) is 11.1 Å². The number of hydrogen-bond acceptors (Lipinski definition) is 18. The maximum Gasteiger partial charge on any atom is 1.00 e. The molecule has 0 bridgehead atoms. The van der Waals surface area contributed by atoms with Crippen LogP contribution in [0.25, 0.3) is 21.5 Å². The minimum atomic E-state index is -5.60. The zero-order valence-corrected chi connectivity index (χ0v) is 42.1. The Kier molecular flexibility index (Phi) is 18.3. The number of H-pyrrole nitrogens is 1. The molecular weight excluding hydrogens is 910 g/mol. The molecule has 0 saturated heterocycles. The standard InChI is InChI=1S/C29H20ClN7O13S4.4Na/c30-27-33-28(31-16-4-2-1-3-5-16)35-29(34-27)32-17-6-7-19-14(8-17)11-24(54(48,49)50)25(26(19)38)37-36-21-13-20-15(10-23(21)53(45,46)47)9-18(51(39,40)41)12-22(20)52(42,43)44;;;;/h1-13,38H,(H,39,40,41)(H,42,43,44)(H,45,46,47)(H,48,49,50)(H2,31,32,33,34,35);;;;/q;4*+1/p-4. The van der Waals surface area contributed by atoms with Gasteiger partial charge in [0.05, 0.1) is 26.1 Å². The first kappa shape index (κ1) is 52.7. The summed E-state index contributed by atoms with van der Waals surface area (Å²) in [6, 6.07) is 14.9. The average Bonchev–Trinajstić information content (AvgIpc) is 3.05. The molecule has 0 spiro atoms. The van der Waals surface area contributed by atoms with E-state index in [0.717, 1.165) is 6.07 Å². The Morgan fingerprint density at radius 3 is 1.86 bits per heavy atom. The van der Waals surface area contributed by atoms with Crippen LogP contribution in [0.4, 0.5) is 28.7 Å². The molecule has 0 aliphatic carbocycles. The number of aromatic amines is 1. The first-order chi connectivity index (χ1) is 25.1. The molecule has 0 saturated carbocycles. The van der Waals surface area contributed by atoms with Crippen LogP contribution >= 0.6 is 11.6 Å². The van der Waals surface area contributed by atoms with Crippen LogP contribution in [0.15, 0.2) is 114 Å². The predicted octanol–water partition coefficient (Wildman–Crippen LogP) is -8.80. The molecule has 0 radical (unpaired) electrons. The molecule has 0 aliphatic heterocycles. The van der Waals surface area contributed by atoms with Gasteiger partial charge in [0.25, 0.3) is 10.1 Å². The summed E-state index contributed by atoms with van der Waals surface area (Å²) in [6.45, 7) is 0. The summed E-state index contributed by atoms with van der Waals surface area (Å²) >= 11 is 6.05. The Bertz CT molecular complexity index is 3130. The predicted molar refractivity (Wildman–Crippen MR) is 182 cm³/mol. The molecule has 0 aliphatic rings. The monoisotopic (exact) mass is 925 g/mol. The number of aromatic nitrogens is 3. The van der Waals surface area contributed by atoms with Crippen molar-refractivity contribution in [3.63, 3.8) is 0 Å². The number of azo groups is 1. The molecule has 58 heavy (non-hydrogen) atoms. The van der Waals surface area contributed by atoms with Crippen molar-refractivity contribution in [1.82, 2.24) is 15.0 Å². The van der Waals surface area contributed by atoms with Crippen molar-refractivity contribution in [3.05, 3.63) is 89.8 Å². The van der Waals surface area contributed by atoms with Gasteiger partial charge in [0.15, 0.2) is 0 Å². The molecule has 20 nitrogen and oxygen atoms in total. The second-order valence-electron chi connectivity index (χ2n) is 10.9. The van der Waals surface area contributed by atoms with E-state index in [2.05, 4.69) is 35.5 Å². The van der Waals surface area contributed by atoms with Crippen LogP contribution < -0.4 is 134 Å². The van der Waals surface area contributed by atoms with Gasteiger partial charge in [-0.1, -0.05) is 30.0 Å². The summed E-state index contributed by atoms with van der Waals surface area (Å²) in [6.07, 6.45) is 0. The van der Waals surface area contributed by atoms with Gasteiger partial charge in [0.1, 0.15) is 40.9 Å². The van der Waals surface area contributed by atoms with Crippen molar-refractivity contribution in [2.24, 2.45) is 15.2 Å². The minimum absolute atomic E-state index is 0. The third-order valence-corrected chi connectivity index (χ3v) is 10.8. The quantitative estimate of drug-likeness (QED) is 0.0689. The number of rotatable bonds is 9. The van der Waals surface area contributed by atoms with Gasteiger partial charge >= 0.3 is 118 Å². The summed E-state index contributed by atoms with van der Waals surface area (Å²) in [7, 11) is -21.9. The first-order valence-corrected chi connectivity index (χ1v) is 20.3. The van der Waals surface area contributed by atoms with Gasteiger partial charge < -0.3 is 24.1 Å². The summed E-state index contributed by atoms with van der Waals surface area (Å²) in [5.41, 5.74) is -1.34. The molecule has 3 N–H and O–H groups in total. The Balaban J connectivity index is 0.00000290. The van der Waals surface area contributed by atoms with E-state index < -0.39 is 88.0 Å². The molecule has 1 aromatic heterocycles. The van der Waals surface area contributed by atoms with E-state index in [-0.39, 0.29) is 158 Å². The van der Waals surface area contributed by atoms with Crippen molar-refractivity contribution >= 4 is 102 Å². The number of para-hydroxylation sites is 1. The summed E-state index contributed by atoms with van der Waals surface area (Å²) in [5, 5.41) is 21.5. The van der Waals surface area contributed by atoms with E-state index in [1.807, 2.05) is 0 Å². The number of anilines is 2. The molecule has 0 unspecified atom stereocenters. The second-order valence-corrected chi connectivity index (χ2v) is 16.7. The molecule has 1 heterocycles. The van der Waals surface area contributed by atoms with Crippen LogP contribution in [-0.2, 0) is 40.5 Å². The number of halogens is 1. The third-order valence-electron chi connectivity index (χ3n) is 7.25. The van der Waals surface area contributed by atoms with E-state index in [4.69, 9.17) is 11.6 Å². The van der Waals surface area contributed by atoms with Crippen molar-refractivity contribution < 1.29 is 175 Å². The molecule has 29 heteroatoms. The van der Waals surface area contributed by atoms with Crippen LogP contribution in [0.3, 0.4) is 0 Å².